The summed E-state index contributed by atoms with van der Waals surface area (Å²) in [7, 11) is 0. The molecule has 0 radical (unpaired) electrons. The van der Waals surface area contributed by atoms with Crippen LogP contribution in [-0.2, 0) is 0 Å². The fourth-order valence-corrected chi connectivity index (χ4v) is 3.75. The Labute approximate surface area is 88.0 Å². The van der Waals surface area contributed by atoms with Crippen molar-refractivity contribution < 1.29 is 5.21 Å². The fraction of sp³-hybridized carbons (Fsp3) is 0.364. The van der Waals surface area contributed by atoms with Crippen molar-refractivity contribution in [2.45, 2.75) is 24.2 Å². The molecule has 1 N–H and O–H groups in total. The van der Waals surface area contributed by atoms with Gasteiger partial charge in [0.15, 0.2) is 0 Å². The van der Waals surface area contributed by atoms with Crippen LogP contribution < -0.4 is 4.40 Å². The molecule has 2 nitrogen and oxygen atoms in total. The van der Waals surface area contributed by atoms with Crippen LogP contribution in [0.2, 0.25) is 17.3 Å². The van der Waals surface area contributed by atoms with E-state index in [-0.39, 0.29) is 0 Å². The molecule has 0 saturated carbocycles. The van der Waals surface area contributed by atoms with Crippen molar-refractivity contribution in [3.63, 3.8) is 0 Å². The average molecular weight is 252 g/mol. The van der Waals surface area contributed by atoms with Gasteiger partial charge >= 0.3 is 87.8 Å². The number of benzene rings is 1. The van der Waals surface area contributed by atoms with Gasteiger partial charge in [0, 0.05) is 0 Å². The Morgan fingerprint density at radius 1 is 1.29 bits per heavy atom. The first-order chi connectivity index (χ1) is 6.45. The predicted molar refractivity (Wildman–Crippen MR) is 63.4 cm³/mol. The van der Waals surface area contributed by atoms with Gasteiger partial charge < -0.3 is 0 Å². The maximum absolute atomic E-state index is 8.69. The van der Waals surface area contributed by atoms with Gasteiger partial charge in [-0.25, -0.2) is 0 Å². The van der Waals surface area contributed by atoms with Gasteiger partial charge in [-0.2, -0.15) is 0 Å². The molecule has 0 unspecified atom stereocenters. The maximum atomic E-state index is 8.69. The molecule has 0 atom stereocenters. The summed E-state index contributed by atoms with van der Waals surface area (Å²) in [6.45, 7) is 1.81. The van der Waals surface area contributed by atoms with Crippen LogP contribution in [0.5, 0.6) is 0 Å². The number of hydrogen-bond donors (Lipinski definition) is 1. The van der Waals surface area contributed by atoms with Crippen molar-refractivity contribution in [1.82, 2.24) is 0 Å². The molecule has 0 fully saturated rings. The molecule has 0 aliphatic rings. The summed E-state index contributed by atoms with van der Waals surface area (Å²) in [5, 5.41) is 11.9. The zero-order valence-corrected chi connectivity index (χ0v) is 11.3. The summed E-state index contributed by atoms with van der Waals surface area (Å²) in [6, 6.07) is 8.34. The van der Waals surface area contributed by atoms with Gasteiger partial charge in [-0.1, -0.05) is 0 Å². The van der Waals surface area contributed by atoms with E-state index in [1.165, 1.54) is 4.40 Å². The summed E-state index contributed by atoms with van der Waals surface area (Å²) in [5.41, 5.74) is 1.70. The van der Waals surface area contributed by atoms with E-state index in [4.69, 9.17) is 5.21 Å². The molecule has 0 amide bonds. The number of oxime groups is 1. The summed E-state index contributed by atoms with van der Waals surface area (Å²) >= 11 is -1.75. The van der Waals surface area contributed by atoms with E-state index in [0.29, 0.717) is 5.71 Å². The van der Waals surface area contributed by atoms with E-state index in [0.717, 1.165) is 5.56 Å². The van der Waals surface area contributed by atoms with Crippen LogP contribution in [0.3, 0.4) is 0 Å². The van der Waals surface area contributed by atoms with Crippen LogP contribution in [0.15, 0.2) is 29.4 Å². The van der Waals surface area contributed by atoms with Gasteiger partial charge in [0.1, 0.15) is 0 Å². The molecule has 0 spiro atoms. The van der Waals surface area contributed by atoms with Gasteiger partial charge in [-0.15, -0.1) is 0 Å². The average Bonchev–Trinajstić information content (AvgIpc) is 2.15. The molecule has 0 aliphatic heterocycles. The van der Waals surface area contributed by atoms with E-state index in [1.54, 1.807) is 0 Å². The quantitative estimate of drug-likeness (QED) is 0.372. The Hall–Kier alpha value is -0.767. The molecule has 76 valence electrons. The molecular formula is C11H17GeNO. The molecule has 1 rings (SSSR count). The van der Waals surface area contributed by atoms with Gasteiger partial charge in [0.05, 0.1) is 0 Å². The Balaban J connectivity index is 3.14. The van der Waals surface area contributed by atoms with Crippen molar-refractivity contribution in [2.75, 3.05) is 0 Å². The molecule has 0 aliphatic carbocycles. The van der Waals surface area contributed by atoms with Crippen LogP contribution in [0.4, 0.5) is 0 Å². The van der Waals surface area contributed by atoms with Gasteiger partial charge in [0.2, 0.25) is 0 Å². The Bertz CT molecular complexity index is 353. The third kappa shape index (κ3) is 2.61. The number of hydrogen-bond acceptors (Lipinski definition) is 2. The normalized spacial score (nSPS) is 13.0. The molecule has 0 aromatic heterocycles. The second-order valence-corrected chi connectivity index (χ2v) is 15.2. The second kappa shape index (κ2) is 4.17. The Morgan fingerprint density at radius 2 is 1.93 bits per heavy atom. The van der Waals surface area contributed by atoms with Crippen molar-refractivity contribution in [3.8, 4) is 0 Å². The fourth-order valence-electron chi connectivity index (χ4n) is 1.27. The summed E-state index contributed by atoms with van der Waals surface area (Å²) in [4.78, 5) is 0. The first-order valence-electron chi connectivity index (χ1n) is 4.74. The van der Waals surface area contributed by atoms with Crippen molar-refractivity contribution >= 4 is 23.4 Å². The van der Waals surface area contributed by atoms with Gasteiger partial charge in [-0.3, -0.25) is 0 Å². The molecule has 14 heavy (non-hydrogen) atoms. The number of nitrogens with zero attached hydrogens (tertiary/aromatic N) is 1. The van der Waals surface area contributed by atoms with Crippen LogP contribution in [0, 0.1) is 0 Å². The topological polar surface area (TPSA) is 32.6 Å². The monoisotopic (exact) mass is 253 g/mol. The van der Waals surface area contributed by atoms with E-state index < -0.39 is 13.3 Å². The summed E-state index contributed by atoms with van der Waals surface area (Å²) in [5.74, 6) is 7.06. The molecular weight excluding hydrogens is 235 g/mol. The SMILES string of the molecule is C/C(=N\O)c1ccc[c]([Ge]([CH3])([CH3])[CH3])c1. The molecule has 1 aromatic carbocycles. The van der Waals surface area contributed by atoms with E-state index in [1.807, 2.05) is 19.1 Å². The first kappa shape index (κ1) is 11.3. The Morgan fingerprint density at radius 3 is 2.43 bits per heavy atom. The van der Waals surface area contributed by atoms with E-state index in [9.17, 15) is 0 Å². The third-order valence-corrected chi connectivity index (χ3v) is 6.58. The zero-order valence-electron chi connectivity index (χ0n) is 9.20. The van der Waals surface area contributed by atoms with Crippen molar-refractivity contribution in [2.24, 2.45) is 5.16 Å². The molecule has 0 saturated heterocycles. The molecule has 0 bridgehead atoms. The van der Waals surface area contributed by atoms with Crippen LogP contribution >= 0.6 is 0 Å². The predicted octanol–water partition coefficient (Wildman–Crippen LogP) is 2.43. The van der Waals surface area contributed by atoms with Crippen LogP contribution in [0.25, 0.3) is 0 Å². The van der Waals surface area contributed by atoms with Gasteiger partial charge in [0.25, 0.3) is 0 Å². The van der Waals surface area contributed by atoms with E-state index in [2.05, 4.69) is 34.6 Å². The minimum absolute atomic E-state index is 0.679. The van der Waals surface area contributed by atoms with E-state index >= 15 is 0 Å². The minimum atomic E-state index is -1.75. The molecule has 1 aromatic rings. The summed E-state index contributed by atoms with van der Waals surface area (Å²) < 4.78 is 1.44. The van der Waals surface area contributed by atoms with Crippen LogP contribution in [0.1, 0.15) is 12.5 Å². The number of rotatable bonds is 2. The second-order valence-electron chi connectivity index (χ2n) is 4.52. The van der Waals surface area contributed by atoms with Gasteiger partial charge in [-0.05, 0) is 0 Å². The molecule has 3 heteroatoms. The van der Waals surface area contributed by atoms with Crippen molar-refractivity contribution in [3.05, 3.63) is 29.8 Å². The third-order valence-electron chi connectivity index (χ3n) is 2.30. The standard InChI is InChI=1S/C11H17GeNO/c1-9(13-14)10-6-5-7-11(8-10)12(2,3)4/h5-8,14H,1-4H3/b13-9+. The van der Waals surface area contributed by atoms with Crippen molar-refractivity contribution in [1.29, 1.82) is 0 Å². The molecule has 0 heterocycles. The Kier molecular flexibility index (Phi) is 3.37. The van der Waals surface area contributed by atoms with Crippen LogP contribution in [-0.4, -0.2) is 24.2 Å². The zero-order chi connectivity index (χ0) is 10.8. The summed E-state index contributed by atoms with van der Waals surface area (Å²) in [6.07, 6.45) is 0. The first-order valence-corrected chi connectivity index (χ1v) is 12.1.